The van der Waals surface area contributed by atoms with E-state index in [9.17, 15) is 9.59 Å². The number of hydrazone groups is 1. The number of carbonyl (C=O) groups excluding carboxylic acids is 2. The molecule has 1 aromatic rings. The van der Waals surface area contributed by atoms with Crippen molar-refractivity contribution in [1.82, 2.24) is 20.7 Å². The normalized spacial score (nSPS) is 19.5. The Bertz CT molecular complexity index is 700. The summed E-state index contributed by atoms with van der Waals surface area (Å²) in [6, 6.07) is -0.0274. The molecule has 0 radical (unpaired) electrons. The number of rotatable bonds is 5. The van der Waals surface area contributed by atoms with Crippen LogP contribution in [-0.2, 0) is 16.0 Å². The Morgan fingerprint density at radius 1 is 1.36 bits per heavy atom. The second-order valence-electron chi connectivity index (χ2n) is 6.69. The molecular weight excluding hydrogens is 320 g/mol. The molecule has 2 amide bonds. The van der Waals surface area contributed by atoms with Crippen molar-refractivity contribution in [3.8, 4) is 0 Å². The van der Waals surface area contributed by atoms with Crippen molar-refractivity contribution in [2.45, 2.75) is 51.0 Å². The van der Waals surface area contributed by atoms with Crippen LogP contribution in [0.5, 0.6) is 0 Å². The van der Waals surface area contributed by atoms with Gasteiger partial charge in [0.25, 0.3) is 0 Å². The zero-order chi connectivity index (χ0) is 17.8. The van der Waals surface area contributed by atoms with Crippen molar-refractivity contribution in [2.75, 3.05) is 19.0 Å². The zero-order valence-electron chi connectivity index (χ0n) is 14.7. The molecular formula is C17H24N6O2. The average molecular weight is 344 g/mol. The molecule has 0 aromatic carbocycles. The van der Waals surface area contributed by atoms with E-state index in [4.69, 9.17) is 0 Å². The summed E-state index contributed by atoms with van der Waals surface area (Å²) >= 11 is 0. The summed E-state index contributed by atoms with van der Waals surface area (Å²) in [6.07, 6.45) is 6.68. The van der Waals surface area contributed by atoms with Crippen LogP contribution in [-0.4, -0.2) is 41.6 Å². The van der Waals surface area contributed by atoms with Crippen LogP contribution < -0.4 is 15.6 Å². The van der Waals surface area contributed by atoms with E-state index in [1.807, 2.05) is 25.2 Å². The van der Waals surface area contributed by atoms with E-state index >= 15 is 0 Å². The lowest BCUT2D eigenvalue weighted by Gasteiger charge is -2.26. The van der Waals surface area contributed by atoms with Crippen LogP contribution in [0.15, 0.2) is 11.3 Å². The van der Waals surface area contributed by atoms with Crippen LogP contribution >= 0.6 is 0 Å². The minimum absolute atomic E-state index is 0.00543. The smallest absolute Gasteiger partial charge is 0.240 e. The van der Waals surface area contributed by atoms with E-state index in [1.54, 1.807) is 0 Å². The summed E-state index contributed by atoms with van der Waals surface area (Å²) in [6.45, 7) is 0. The van der Waals surface area contributed by atoms with Crippen molar-refractivity contribution in [3.63, 3.8) is 0 Å². The molecule has 8 heteroatoms. The molecule has 0 bridgehead atoms. The van der Waals surface area contributed by atoms with Gasteiger partial charge in [0.05, 0.1) is 11.7 Å². The summed E-state index contributed by atoms with van der Waals surface area (Å²) in [5, 5.41) is 7.10. The molecule has 1 atom stereocenters. The highest BCUT2D eigenvalue weighted by Gasteiger charge is 2.24. The number of aromatic nitrogens is 2. The first-order valence-electron chi connectivity index (χ1n) is 8.69. The Morgan fingerprint density at radius 3 is 2.92 bits per heavy atom. The summed E-state index contributed by atoms with van der Waals surface area (Å²) in [7, 11) is 3.83. The molecule has 134 valence electrons. The maximum Gasteiger partial charge on any atom is 0.240 e. The Hall–Kier alpha value is -2.51. The van der Waals surface area contributed by atoms with Gasteiger partial charge in [0.15, 0.2) is 0 Å². The summed E-state index contributed by atoms with van der Waals surface area (Å²) in [5.41, 5.74) is 5.38. The van der Waals surface area contributed by atoms with Crippen molar-refractivity contribution in [3.05, 3.63) is 17.5 Å². The molecule has 2 N–H and O–H groups in total. The molecule has 2 heterocycles. The van der Waals surface area contributed by atoms with Gasteiger partial charge in [-0.3, -0.25) is 9.59 Å². The van der Waals surface area contributed by atoms with E-state index in [2.05, 4.69) is 25.8 Å². The number of amides is 2. The molecule has 1 aliphatic carbocycles. The molecule has 1 aliphatic heterocycles. The van der Waals surface area contributed by atoms with E-state index in [1.165, 1.54) is 0 Å². The topological polar surface area (TPSA) is 99.6 Å². The SMILES string of the molecule is CN(C)c1ncc2c(n1)CCCC2NC(=O)CCC1=NNC(=O)CC1. The van der Waals surface area contributed by atoms with Gasteiger partial charge in [-0.25, -0.2) is 15.4 Å². The highest BCUT2D eigenvalue weighted by atomic mass is 16.2. The molecule has 25 heavy (non-hydrogen) atoms. The van der Waals surface area contributed by atoms with Gasteiger partial charge >= 0.3 is 0 Å². The standard InChI is InChI=1S/C17H24N6O2/c1-23(2)17-18-10-12-13(4-3-5-14(12)20-17)19-15(24)8-6-11-7-9-16(25)22-21-11/h10,13H,3-9H2,1-2H3,(H,19,24)(H,22,25). The van der Waals surface area contributed by atoms with Crippen LogP contribution in [0.1, 0.15) is 55.8 Å². The van der Waals surface area contributed by atoms with Crippen LogP contribution in [0, 0.1) is 0 Å². The van der Waals surface area contributed by atoms with Crippen molar-refractivity contribution in [2.24, 2.45) is 5.10 Å². The van der Waals surface area contributed by atoms with E-state index in [0.717, 1.165) is 36.2 Å². The first kappa shape index (κ1) is 17.3. The molecule has 0 saturated heterocycles. The quantitative estimate of drug-likeness (QED) is 0.833. The number of nitrogens with zero attached hydrogens (tertiary/aromatic N) is 4. The minimum atomic E-state index is -0.0656. The van der Waals surface area contributed by atoms with Gasteiger partial charge < -0.3 is 10.2 Å². The van der Waals surface area contributed by atoms with Gasteiger partial charge in [-0.05, 0) is 32.1 Å². The van der Waals surface area contributed by atoms with Gasteiger partial charge in [0.1, 0.15) is 0 Å². The zero-order valence-corrected chi connectivity index (χ0v) is 14.7. The second kappa shape index (κ2) is 7.58. The number of hydrogen-bond donors (Lipinski definition) is 2. The lowest BCUT2D eigenvalue weighted by atomic mass is 9.92. The third kappa shape index (κ3) is 4.32. The van der Waals surface area contributed by atoms with Gasteiger partial charge in [0.2, 0.25) is 17.8 Å². The number of anilines is 1. The first-order chi connectivity index (χ1) is 12.0. The first-order valence-corrected chi connectivity index (χ1v) is 8.69. The fourth-order valence-electron chi connectivity index (χ4n) is 3.12. The predicted octanol–water partition coefficient (Wildman–Crippen LogP) is 1.08. The number of nitrogens with one attached hydrogen (secondary N) is 2. The third-order valence-electron chi connectivity index (χ3n) is 4.52. The van der Waals surface area contributed by atoms with Gasteiger partial charge in [0, 0.05) is 44.4 Å². The highest BCUT2D eigenvalue weighted by molar-refractivity contribution is 5.94. The van der Waals surface area contributed by atoms with Crippen molar-refractivity contribution >= 4 is 23.5 Å². The Balaban J connectivity index is 1.58. The molecule has 1 unspecified atom stereocenters. The largest absolute Gasteiger partial charge is 0.349 e. The molecule has 3 rings (SSSR count). The molecule has 0 saturated carbocycles. The van der Waals surface area contributed by atoms with Gasteiger partial charge in [-0.2, -0.15) is 5.10 Å². The lowest BCUT2D eigenvalue weighted by Crippen LogP contribution is -2.32. The van der Waals surface area contributed by atoms with E-state index < -0.39 is 0 Å². The van der Waals surface area contributed by atoms with Gasteiger partial charge in [-0.15, -0.1) is 0 Å². The maximum absolute atomic E-state index is 12.3. The molecule has 1 aromatic heterocycles. The van der Waals surface area contributed by atoms with Crippen LogP contribution in [0.2, 0.25) is 0 Å². The number of hydrogen-bond acceptors (Lipinski definition) is 6. The number of aryl methyl sites for hydroxylation is 1. The maximum atomic E-state index is 12.3. The molecule has 0 spiro atoms. The fourth-order valence-corrected chi connectivity index (χ4v) is 3.12. The van der Waals surface area contributed by atoms with Crippen LogP contribution in [0.25, 0.3) is 0 Å². The average Bonchev–Trinajstić information content (AvgIpc) is 2.61. The van der Waals surface area contributed by atoms with Crippen LogP contribution in [0.3, 0.4) is 0 Å². The third-order valence-corrected chi connectivity index (χ3v) is 4.52. The summed E-state index contributed by atoms with van der Waals surface area (Å²) < 4.78 is 0. The minimum Gasteiger partial charge on any atom is -0.349 e. The highest BCUT2D eigenvalue weighted by Crippen LogP contribution is 2.29. The Kier molecular flexibility index (Phi) is 5.25. The van der Waals surface area contributed by atoms with Gasteiger partial charge in [-0.1, -0.05) is 0 Å². The second-order valence-corrected chi connectivity index (χ2v) is 6.69. The molecule has 2 aliphatic rings. The predicted molar refractivity (Wildman–Crippen MR) is 94.2 cm³/mol. The number of fused-ring (bicyclic) bond motifs is 1. The van der Waals surface area contributed by atoms with Crippen molar-refractivity contribution in [1.29, 1.82) is 0 Å². The molecule has 8 nitrogen and oxygen atoms in total. The summed E-state index contributed by atoms with van der Waals surface area (Å²) in [4.78, 5) is 34.2. The van der Waals surface area contributed by atoms with Crippen LogP contribution in [0.4, 0.5) is 5.95 Å². The van der Waals surface area contributed by atoms with E-state index in [0.29, 0.717) is 31.6 Å². The monoisotopic (exact) mass is 344 g/mol. The lowest BCUT2D eigenvalue weighted by molar-refractivity contribution is -0.122. The number of carbonyl (C=O) groups is 2. The fraction of sp³-hybridized carbons (Fsp3) is 0.588. The van der Waals surface area contributed by atoms with E-state index in [-0.39, 0.29) is 17.9 Å². The summed E-state index contributed by atoms with van der Waals surface area (Å²) in [5.74, 6) is 0.626. The molecule has 0 fully saturated rings. The van der Waals surface area contributed by atoms with Crippen molar-refractivity contribution < 1.29 is 9.59 Å². The Labute approximate surface area is 147 Å². The Morgan fingerprint density at radius 2 is 2.20 bits per heavy atom.